The van der Waals surface area contributed by atoms with Gasteiger partial charge in [0, 0.05) is 11.6 Å². The summed E-state index contributed by atoms with van der Waals surface area (Å²) in [6.07, 6.45) is 2.50. The fourth-order valence-electron chi connectivity index (χ4n) is 1.96. The number of ether oxygens (including phenoxy) is 1. The van der Waals surface area contributed by atoms with Gasteiger partial charge in [-0.2, -0.15) is 5.10 Å². The highest BCUT2D eigenvalue weighted by Crippen LogP contribution is 2.23. The molecular weight excluding hydrogens is 292 g/mol. The molecule has 0 atom stereocenters. The van der Waals surface area contributed by atoms with Gasteiger partial charge in [0.1, 0.15) is 10.9 Å². The van der Waals surface area contributed by atoms with E-state index in [9.17, 15) is 4.79 Å². The molecule has 0 saturated heterocycles. The highest BCUT2D eigenvalue weighted by atomic mass is 35.5. The molecule has 6 heteroatoms. The summed E-state index contributed by atoms with van der Waals surface area (Å²) in [5, 5.41) is 13.4. The number of nitrogens with zero attached hydrogens (tertiary/aromatic N) is 2. The molecule has 0 aliphatic heterocycles. The number of rotatable bonds is 5. The van der Waals surface area contributed by atoms with Gasteiger partial charge >= 0.3 is 5.97 Å². The Morgan fingerprint density at radius 3 is 2.95 bits per heavy atom. The molecule has 0 amide bonds. The summed E-state index contributed by atoms with van der Waals surface area (Å²) in [6.45, 7) is 2.27. The molecule has 2 rings (SSSR count). The van der Waals surface area contributed by atoms with Crippen molar-refractivity contribution in [3.8, 4) is 5.75 Å². The van der Waals surface area contributed by atoms with Gasteiger partial charge in [-0.25, -0.2) is 9.48 Å². The largest absolute Gasteiger partial charge is 0.497 e. The van der Waals surface area contributed by atoms with Crippen LogP contribution in [-0.2, 0) is 11.3 Å². The third kappa shape index (κ3) is 3.64. The zero-order chi connectivity index (χ0) is 15.4. The summed E-state index contributed by atoms with van der Waals surface area (Å²) in [4.78, 5) is 10.6. The fourth-order valence-corrected chi connectivity index (χ4v) is 2.26. The van der Waals surface area contributed by atoms with Crippen LogP contribution in [-0.4, -0.2) is 28.0 Å². The van der Waals surface area contributed by atoms with Gasteiger partial charge < -0.3 is 9.84 Å². The van der Waals surface area contributed by atoms with E-state index >= 15 is 0 Å². The van der Waals surface area contributed by atoms with Crippen molar-refractivity contribution in [3.63, 3.8) is 0 Å². The van der Waals surface area contributed by atoms with E-state index in [2.05, 4.69) is 5.10 Å². The number of carboxylic acids is 1. The van der Waals surface area contributed by atoms with Gasteiger partial charge in [0.05, 0.1) is 19.3 Å². The quantitative estimate of drug-likeness (QED) is 0.863. The highest BCUT2D eigenvalue weighted by molar-refractivity contribution is 6.31. The first kappa shape index (κ1) is 15.1. The van der Waals surface area contributed by atoms with Crippen LogP contribution in [0.1, 0.15) is 16.8 Å². The predicted molar refractivity (Wildman–Crippen MR) is 80.7 cm³/mol. The van der Waals surface area contributed by atoms with Crippen molar-refractivity contribution in [2.75, 3.05) is 7.11 Å². The highest BCUT2D eigenvalue weighted by Gasteiger charge is 2.12. The molecule has 0 bridgehead atoms. The van der Waals surface area contributed by atoms with E-state index in [0.717, 1.165) is 17.4 Å². The van der Waals surface area contributed by atoms with E-state index in [-0.39, 0.29) is 0 Å². The number of hydrogen-bond donors (Lipinski definition) is 1. The number of aliphatic carboxylic acids is 1. The third-order valence-corrected chi connectivity index (χ3v) is 3.37. The van der Waals surface area contributed by atoms with Crippen LogP contribution < -0.4 is 4.74 Å². The lowest BCUT2D eigenvalue weighted by Crippen LogP contribution is -2.02. The Bertz CT molecular complexity index is 692. The lowest BCUT2D eigenvalue weighted by atomic mass is 10.2. The molecule has 0 aliphatic carbocycles. The SMILES string of the molecule is COc1cccc(Cn2nc(C)c(C=CC(=O)O)c2Cl)c1. The van der Waals surface area contributed by atoms with Gasteiger partial charge in [-0.05, 0) is 30.7 Å². The smallest absolute Gasteiger partial charge is 0.328 e. The molecule has 1 N–H and O–H groups in total. The second-order valence-electron chi connectivity index (χ2n) is 4.47. The van der Waals surface area contributed by atoms with Crippen LogP contribution in [0.4, 0.5) is 0 Å². The fraction of sp³-hybridized carbons (Fsp3) is 0.200. The molecular formula is C15H15ClN2O3. The molecule has 21 heavy (non-hydrogen) atoms. The molecule has 0 aliphatic rings. The first-order valence-corrected chi connectivity index (χ1v) is 6.66. The Kier molecular flexibility index (Phi) is 4.65. The zero-order valence-corrected chi connectivity index (χ0v) is 12.5. The van der Waals surface area contributed by atoms with Crippen molar-refractivity contribution < 1.29 is 14.6 Å². The number of halogens is 1. The third-order valence-electron chi connectivity index (χ3n) is 2.97. The molecule has 1 heterocycles. The van der Waals surface area contributed by atoms with E-state index in [1.807, 2.05) is 24.3 Å². The molecule has 0 unspecified atom stereocenters. The molecule has 0 spiro atoms. The molecule has 2 aromatic rings. The number of carbonyl (C=O) groups is 1. The van der Waals surface area contributed by atoms with Gasteiger partial charge in [0.2, 0.25) is 0 Å². The predicted octanol–water partition coefficient (Wildman–Crippen LogP) is 3.00. The van der Waals surface area contributed by atoms with Crippen LogP contribution in [0.25, 0.3) is 6.08 Å². The van der Waals surface area contributed by atoms with Crippen LogP contribution in [0.3, 0.4) is 0 Å². The molecule has 1 aromatic carbocycles. The zero-order valence-electron chi connectivity index (χ0n) is 11.7. The van der Waals surface area contributed by atoms with E-state index in [1.54, 1.807) is 18.7 Å². The minimum Gasteiger partial charge on any atom is -0.497 e. The van der Waals surface area contributed by atoms with E-state index < -0.39 is 5.97 Å². The second kappa shape index (κ2) is 6.45. The van der Waals surface area contributed by atoms with Crippen LogP contribution in [0.15, 0.2) is 30.3 Å². The summed E-state index contributed by atoms with van der Waals surface area (Å²) in [5.41, 5.74) is 2.29. The van der Waals surface area contributed by atoms with Gasteiger partial charge in [-0.1, -0.05) is 23.7 Å². The Labute approximate surface area is 127 Å². The van der Waals surface area contributed by atoms with Crippen molar-refractivity contribution in [1.82, 2.24) is 9.78 Å². The Morgan fingerprint density at radius 2 is 2.29 bits per heavy atom. The van der Waals surface area contributed by atoms with Gasteiger partial charge in [-0.15, -0.1) is 0 Å². The minimum atomic E-state index is -1.02. The monoisotopic (exact) mass is 306 g/mol. The van der Waals surface area contributed by atoms with E-state index in [1.165, 1.54) is 6.08 Å². The average Bonchev–Trinajstić information content (AvgIpc) is 2.71. The van der Waals surface area contributed by atoms with Gasteiger partial charge in [-0.3, -0.25) is 0 Å². The first-order valence-electron chi connectivity index (χ1n) is 6.28. The number of carboxylic acid groups (broad SMARTS) is 1. The second-order valence-corrected chi connectivity index (χ2v) is 4.83. The normalized spacial score (nSPS) is 11.0. The maximum atomic E-state index is 10.6. The average molecular weight is 307 g/mol. The number of aromatic nitrogens is 2. The van der Waals surface area contributed by atoms with Crippen LogP contribution >= 0.6 is 11.6 Å². The maximum absolute atomic E-state index is 10.6. The van der Waals surface area contributed by atoms with Crippen molar-refractivity contribution >= 4 is 23.6 Å². The van der Waals surface area contributed by atoms with Crippen LogP contribution in [0.2, 0.25) is 5.15 Å². The van der Waals surface area contributed by atoms with Crippen molar-refractivity contribution in [3.05, 3.63) is 52.3 Å². The number of benzene rings is 1. The molecule has 0 radical (unpaired) electrons. The van der Waals surface area contributed by atoms with E-state index in [0.29, 0.717) is 23.0 Å². The molecule has 0 fully saturated rings. The lowest BCUT2D eigenvalue weighted by Gasteiger charge is -2.06. The number of aryl methyl sites for hydroxylation is 1. The van der Waals surface area contributed by atoms with Gasteiger partial charge in [0.15, 0.2) is 0 Å². The number of hydrogen-bond acceptors (Lipinski definition) is 3. The van der Waals surface area contributed by atoms with Gasteiger partial charge in [0.25, 0.3) is 0 Å². The van der Waals surface area contributed by atoms with Crippen molar-refractivity contribution in [2.45, 2.75) is 13.5 Å². The summed E-state index contributed by atoms with van der Waals surface area (Å²) in [6, 6.07) is 7.60. The Morgan fingerprint density at radius 1 is 1.52 bits per heavy atom. The molecule has 5 nitrogen and oxygen atoms in total. The van der Waals surface area contributed by atoms with Crippen molar-refractivity contribution in [1.29, 1.82) is 0 Å². The maximum Gasteiger partial charge on any atom is 0.328 e. The first-order chi connectivity index (χ1) is 10.0. The Hall–Kier alpha value is -2.27. The standard InChI is InChI=1S/C15H15ClN2O3/c1-10-13(6-7-14(19)20)15(16)18(17-10)9-11-4-3-5-12(8-11)21-2/h3-8H,9H2,1-2H3,(H,19,20). The summed E-state index contributed by atoms with van der Waals surface area (Å²) < 4.78 is 6.81. The molecule has 1 aromatic heterocycles. The van der Waals surface area contributed by atoms with Crippen molar-refractivity contribution in [2.24, 2.45) is 0 Å². The minimum absolute atomic E-state index is 0.410. The van der Waals surface area contributed by atoms with Crippen LogP contribution in [0, 0.1) is 6.92 Å². The molecule has 0 saturated carbocycles. The summed E-state index contributed by atoms with van der Waals surface area (Å²) in [5.74, 6) is -0.260. The summed E-state index contributed by atoms with van der Waals surface area (Å²) in [7, 11) is 1.61. The lowest BCUT2D eigenvalue weighted by molar-refractivity contribution is -0.131. The van der Waals surface area contributed by atoms with Crippen LogP contribution in [0.5, 0.6) is 5.75 Å². The number of methoxy groups -OCH3 is 1. The molecule has 110 valence electrons. The Balaban J connectivity index is 2.28. The van der Waals surface area contributed by atoms with E-state index in [4.69, 9.17) is 21.4 Å². The summed E-state index contributed by atoms with van der Waals surface area (Å²) >= 11 is 6.26. The topological polar surface area (TPSA) is 64.4 Å².